The highest BCUT2D eigenvalue weighted by molar-refractivity contribution is 5.92. The Hall–Kier alpha value is -2.56. The molecule has 100 valence electrons. The summed E-state index contributed by atoms with van der Waals surface area (Å²) in [6, 6.07) is 8.33. The second-order valence-electron chi connectivity index (χ2n) is 4.63. The summed E-state index contributed by atoms with van der Waals surface area (Å²) in [6.07, 6.45) is 3.33. The molecule has 0 amide bonds. The molecule has 0 N–H and O–H groups in total. The van der Waals surface area contributed by atoms with Gasteiger partial charge < -0.3 is 4.90 Å². The first-order valence-corrected chi connectivity index (χ1v) is 6.21. The Labute approximate surface area is 115 Å². The molecule has 2 aromatic heterocycles. The smallest absolute Gasteiger partial charge is 0.163 e. The molecule has 0 unspecified atom stereocenters. The average Bonchev–Trinajstić information content (AvgIpc) is 2.48. The van der Waals surface area contributed by atoms with Gasteiger partial charge in [0.05, 0.1) is 5.52 Å². The highest BCUT2D eigenvalue weighted by atomic mass is 19.1. The van der Waals surface area contributed by atoms with Crippen LogP contribution in [0.3, 0.4) is 0 Å². The summed E-state index contributed by atoms with van der Waals surface area (Å²) in [5.74, 6) is 1.05. The normalized spacial score (nSPS) is 10.8. The molecule has 0 saturated carbocycles. The molecule has 0 radical (unpaired) electrons. The van der Waals surface area contributed by atoms with E-state index in [4.69, 9.17) is 0 Å². The molecule has 5 heteroatoms. The molecule has 3 rings (SSSR count). The van der Waals surface area contributed by atoms with E-state index < -0.39 is 0 Å². The van der Waals surface area contributed by atoms with Gasteiger partial charge in [0, 0.05) is 37.4 Å². The average molecular weight is 268 g/mol. The number of halogens is 1. The minimum Gasteiger partial charge on any atom is -0.363 e. The molecule has 0 aliphatic heterocycles. The van der Waals surface area contributed by atoms with Crippen molar-refractivity contribution in [3.05, 3.63) is 48.5 Å². The molecule has 20 heavy (non-hydrogen) atoms. The quantitative estimate of drug-likeness (QED) is 0.716. The molecule has 0 aliphatic rings. The van der Waals surface area contributed by atoms with E-state index in [0.29, 0.717) is 16.7 Å². The maximum atomic E-state index is 13.8. The van der Waals surface area contributed by atoms with Crippen molar-refractivity contribution in [2.75, 3.05) is 19.0 Å². The summed E-state index contributed by atoms with van der Waals surface area (Å²) < 4.78 is 13.8. The molecule has 0 saturated heterocycles. The van der Waals surface area contributed by atoms with Gasteiger partial charge in [-0.15, -0.1) is 0 Å². The van der Waals surface area contributed by atoms with Crippen molar-refractivity contribution in [3.63, 3.8) is 0 Å². The molecular formula is C15H13FN4. The van der Waals surface area contributed by atoms with Gasteiger partial charge >= 0.3 is 0 Å². The van der Waals surface area contributed by atoms with Gasteiger partial charge in [0.25, 0.3) is 0 Å². The molecule has 4 nitrogen and oxygen atoms in total. The molecule has 0 fully saturated rings. The van der Waals surface area contributed by atoms with Crippen molar-refractivity contribution in [2.45, 2.75) is 0 Å². The predicted molar refractivity (Wildman–Crippen MR) is 77.1 cm³/mol. The maximum Gasteiger partial charge on any atom is 0.163 e. The first-order chi connectivity index (χ1) is 9.66. The van der Waals surface area contributed by atoms with Crippen LogP contribution in [0, 0.1) is 5.82 Å². The Morgan fingerprint density at radius 2 is 1.85 bits per heavy atom. The Morgan fingerprint density at radius 1 is 1.00 bits per heavy atom. The van der Waals surface area contributed by atoms with Crippen LogP contribution in [0.25, 0.3) is 22.3 Å². The molecule has 2 heterocycles. The fourth-order valence-corrected chi connectivity index (χ4v) is 2.05. The summed E-state index contributed by atoms with van der Waals surface area (Å²) in [5.41, 5.74) is 1.30. The first kappa shape index (κ1) is 12.5. The summed E-state index contributed by atoms with van der Waals surface area (Å²) in [4.78, 5) is 14.9. The molecule has 0 aliphatic carbocycles. The topological polar surface area (TPSA) is 41.9 Å². The Balaban J connectivity index is 2.25. The largest absolute Gasteiger partial charge is 0.363 e. The van der Waals surface area contributed by atoms with Crippen LogP contribution < -0.4 is 4.90 Å². The van der Waals surface area contributed by atoms with E-state index in [1.807, 2.05) is 25.1 Å². The zero-order valence-electron chi connectivity index (χ0n) is 11.2. The van der Waals surface area contributed by atoms with Gasteiger partial charge in [-0.2, -0.15) is 0 Å². The molecular weight excluding hydrogens is 255 g/mol. The van der Waals surface area contributed by atoms with Crippen molar-refractivity contribution in [1.82, 2.24) is 15.0 Å². The van der Waals surface area contributed by atoms with Crippen LogP contribution >= 0.6 is 0 Å². The van der Waals surface area contributed by atoms with Gasteiger partial charge in [0.15, 0.2) is 5.82 Å². The van der Waals surface area contributed by atoms with Crippen molar-refractivity contribution in [2.24, 2.45) is 0 Å². The third-order valence-electron chi connectivity index (χ3n) is 3.06. The van der Waals surface area contributed by atoms with Gasteiger partial charge in [0.2, 0.25) is 0 Å². The maximum absolute atomic E-state index is 13.8. The van der Waals surface area contributed by atoms with Crippen LogP contribution in [-0.4, -0.2) is 29.0 Å². The minimum atomic E-state index is -0.291. The van der Waals surface area contributed by atoms with E-state index in [1.54, 1.807) is 30.6 Å². The van der Waals surface area contributed by atoms with Crippen molar-refractivity contribution >= 4 is 16.7 Å². The van der Waals surface area contributed by atoms with E-state index in [1.165, 1.54) is 6.07 Å². The fourth-order valence-electron chi connectivity index (χ4n) is 2.05. The number of nitrogens with zero attached hydrogens (tertiary/aromatic N) is 4. The summed E-state index contributed by atoms with van der Waals surface area (Å²) in [7, 11) is 3.82. The zero-order valence-corrected chi connectivity index (χ0v) is 11.2. The van der Waals surface area contributed by atoms with Gasteiger partial charge in [-0.1, -0.05) is 0 Å². The van der Waals surface area contributed by atoms with Gasteiger partial charge in [-0.05, 0) is 30.3 Å². The highest BCUT2D eigenvalue weighted by Crippen LogP contribution is 2.27. The minimum absolute atomic E-state index is 0.291. The lowest BCUT2D eigenvalue weighted by Crippen LogP contribution is -2.11. The van der Waals surface area contributed by atoms with Crippen molar-refractivity contribution in [1.29, 1.82) is 0 Å². The van der Waals surface area contributed by atoms with Gasteiger partial charge in [0.1, 0.15) is 11.6 Å². The van der Waals surface area contributed by atoms with E-state index in [2.05, 4.69) is 15.0 Å². The van der Waals surface area contributed by atoms with Crippen molar-refractivity contribution < 1.29 is 4.39 Å². The van der Waals surface area contributed by atoms with E-state index >= 15 is 0 Å². The number of pyridine rings is 1. The van der Waals surface area contributed by atoms with Crippen LogP contribution in [0.15, 0.2) is 42.7 Å². The lowest BCUT2D eigenvalue weighted by atomic mass is 10.1. The molecule has 1 aromatic carbocycles. The number of hydrogen-bond donors (Lipinski definition) is 0. The van der Waals surface area contributed by atoms with Crippen LogP contribution in [0.1, 0.15) is 0 Å². The number of benzene rings is 1. The number of anilines is 1. The van der Waals surface area contributed by atoms with Gasteiger partial charge in [-0.25, -0.2) is 14.4 Å². The lowest BCUT2D eigenvalue weighted by molar-refractivity contribution is 0.639. The van der Waals surface area contributed by atoms with Crippen LogP contribution in [0.2, 0.25) is 0 Å². The SMILES string of the molecule is CN(C)c1ccnc(-c2ccc(F)c3cccnc23)n1. The highest BCUT2D eigenvalue weighted by Gasteiger charge is 2.11. The zero-order chi connectivity index (χ0) is 14.1. The Kier molecular flexibility index (Phi) is 3.02. The number of hydrogen-bond acceptors (Lipinski definition) is 4. The first-order valence-electron chi connectivity index (χ1n) is 6.21. The van der Waals surface area contributed by atoms with E-state index in [0.717, 1.165) is 11.4 Å². The fraction of sp³-hybridized carbons (Fsp3) is 0.133. The second-order valence-corrected chi connectivity index (χ2v) is 4.63. The summed E-state index contributed by atoms with van der Waals surface area (Å²) >= 11 is 0. The molecule has 0 atom stereocenters. The standard InChI is InChI=1S/C15H13FN4/c1-20(2)13-7-9-18-15(19-13)11-5-6-12(16)10-4-3-8-17-14(10)11/h3-9H,1-2H3. The number of aromatic nitrogens is 3. The molecule has 0 bridgehead atoms. The Morgan fingerprint density at radius 3 is 2.65 bits per heavy atom. The third kappa shape index (κ3) is 2.07. The Bertz CT molecular complexity index is 771. The van der Waals surface area contributed by atoms with E-state index in [-0.39, 0.29) is 5.82 Å². The van der Waals surface area contributed by atoms with Crippen molar-refractivity contribution in [3.8, 4) is 11.4 Å². The van der Waals surface area contributed by atoms with Crippen LogP contribution in [-0.2, 0) is 0 Å². The summed E-state index contributed by atoms with van der Waals surface area (Å²) in [6.45, 7) is 0. The predicted octanol–water partition coefficient (Wildman–Crippen LogP) is 2.90. The third-order valence-corrected chi connectivity index (χ3v) is 3.06. The second kappa shape index (κ2) is 4.85. The molecule has 0 spiro atoms. The number of rotatable bonds is 2. The monoisotopic (exact) mass is 268 g/mol. The van der Waals surface area contributed by atoms with E-state index in [9.17, 15) is 4.39 Å². The lowest BCUT2D eigenvalue weighted by Gasteiger charge is -2.12. The molecule has 3 aromatic rings. The van der Waals surface area contributed by atoms with Crippen LogP contribution in [0.4, 0.5) is 10.2 Å². The van der Waals surface area contributed by atoms with Gasteiger partial charge in [-0.3, -0.25) is 4.98 Å². The summed E-state index contributed by atoms with van der Waals surface area (Å²) in [5, 5.41) is 0.476. The van der Waals surface area contributed by atoms with Crippen LogP contribution in [0.5, 0.6) is 0 Å². The number of fused-ring (bicyclic) bond motifs is 1.